The fraction of sp³-hybridized carbons (Fsp3) is 0.914. The van der Waals surface area contributed by atoms with Crippen molar-refractivity contribution < 1.29 is 29.6 Å². The molecule has 4 aliphatic carbocycles. The van der Waals surface area contributed by atoms with E-state index in [2.05, 4.69) is 52.1 Å². The van der Waals surface area contributed by atoms with Crippen molar-refractivity contribution >= 4 is 5.91 Å². The number of ether oxygens (including phenoxy) is 2. The lowest BCUT2D eigenvalue weighted by Crippen LogP contribution is -2.65. The summed E-state index contributed by atoms with van der Waals surface area (Å²) in [5.41, 5.74) is 0.702. The van der Waals surface area contributed by atoms with E-state index in [0.717, 1.165) is 42.9 Å². The molecule has 14 atom stereocenters. The minimum Gasteiger partial charge on any atom is -0.394 e. The number of hydrogen-bond acceptors (Lipinski definition) is 6. The SMILES string of the molecule is CC(=O)N[C@H]1[C@H](O[C@@H]2CC[C@]3(C)[C@@H]4CC[C@@]5(C)[C@H](CC[C@H]5[C@H](C)CCCC(C)C)[C@H]4C=C[C@H]3C2)O[C@H](CO)[C@@H](O)[C@@H]1O. The molecule has 240 valence electrons. The van der Waals surface area contributed by atoms with Crippen LogP contribution in [-0.2, 0) is 14.3 Å². The van der Waals surface area contributed by atoms with Gasteiger partial charge in [0, 0.05) is 6.92 Å². The lowest BCUT2D eigenvalue weighted by Gasteiger charge is -2.59. The van der Waals surface area contributed by atoms with Gasteiger partial charge in [-0.15, -0.1) is 0 Å². The molecule has 1 aliphatic heterocycles. The third kappa shape index (κ3) is 5.99. The molecule has 3 saturated carbocycles. The average molecular weight is 590 g/mol. The van der Waals surface area contributed by atoms with Gasteiger partial charge in [-0.05, 0) is 97.2 Å². The molecule has 7 nitrogen and oxygen atoms in total. The predicted octanol–water partition coefficient (Wildman–Crippen LogP) is 5.21. The summed E-state index contributed by atoms with van der Waals surface area (Å²) in [5.74, 6) is 4.71. The Hall–Kier alpha value is -0.990. The first-order valence-electron chi connectivity index (χ1n) is 17.1. The van der Waals surface area contributed by atoms with E-state index in [1.807, 2.05) is 0 Å². The molecule has 42 heavy (non-hydrogen) atoms. The zero-order chi connectivity index (χ0) is 30.4. The zero-order valence-corrected chi connectivity index (χ0v) is 27.0. The van der Waals surface area contributed by atoms with Gasteiger partial charge in [0.15, 0.2) is 6.29 Å². The number of aliphatic hydroxyl groups is 3. The molecule has 0 spiro atoms. The van der Waals surface area contributed by atoms with Crippen molar-refractivity contribution in [1.82, 2.24) is 5.32 Å². The summed E-state index contributed by atoms with van der Waals surface area (Å²) in [4.78, 5) is 11.9. The van der Waals surface area contributed by atoms with Crippen LogP contribution in [0.2, 0.25) is 0 Å². The van der Waals surface area contributed by atoms with Gasteiger partial charge in [-0.3, -0.25) is 4.79 Å². The van der Waals surface area contributed by atoms with Gasteiger partial charge in [0.25, 0.3) is 0 Å². The molecule has 0 aromatic carbocycles. The summed E-state index contributed by atoms with van der Waals surface area (Å²) in [6.07, 6.45) is 12.9. The van der Waals surface area contributed by atoms with Gasteiger partial charge in [0.2, 0.25) is 5.91 Å². The summed E-state index contributed by atoms with van der Waals surface area (Å²) in [5, 5.41) is 33.5. The van der Waals surface area contributed by atoms with Crippen LogP contribution in [0, 0.1) is 52.3 Å². The number of allylic oxidation sites excluding steroid dienone is 2. The van der Waals surface area contributed by atoms with Crippen molar-refractivity contribution in [3.63, 3.8) is 0 Å². The number of fused-ring (bicyclic) bond motifs is 5. The molecule has 0 unspecified atom stereocenters. The topological polar surface area (TPSA) is 108 Å². The summed E-state index contributed by atoms with van der Waals surface area (Å²) < 4.78 is 12.3. The van der Waals surface area contributed by atoms with Crippen LogP contribution in [0.3, 0.4) is 0 Å². The van der Waals surface area contributed by atoms with Gasteiger partial charge in [-0.2, -0.15) is 0 Å². The van der Waals surface area contributed by atoms with Crippen LogP contribution in [0.5, 0.6) is 0 Å². The van der Waals surface area contributed by atoms with E-state index in [0.29, 0.717) is 23.2 Å². The smallest absolute Gasteiger partial charge is 0.217 e. The van der Waals surface area contributed by atoms with Gasteiger partial charge in [-0.25, -0.2) is 0 Å². The maximum absolute atomic E-state index is 11.9. The molecule has 1 saturated heterocycles. The Morgan fingerprint density at radius 3 is 2.40 bits per heavy atom. The van der Waals surface area contributed by atoms with E-state index in [1.54, 1.807) is 0 Å². The molecule has 0 bridgehead atoms. The average Bonchev–Trinajstić information content (AvgIpc) is 3.29. The van der Waals surface area contributed by atoms with Crippen molar-refractivity contribution in [2.45, 2.75) is 142 Å². The largest absolute Gasteiger partial charge is 0.394 e. The van der Waals surface area contributed by atoms with Crippen molar-refractivity contribution in [3.8, 4) is 0 Å². The number of carbonyl (C=O) groups is 1. The molecule has 0 aromatic rings. The highest BCUT2D eigenvalue weighted by molar-refractivity contribution is 5.73. The van der Waals surface area contributed by atoms with Gasteiger partial charge in [-0.1, -0.05) is 66.0 Å². The summed E-state index contributed by atoms with van der Waals surface area (Å²) in [7, 11) is 0. The van der Waals surface area contributed by atoms with Crippen LogP contribution in [0.25, 0.3) is 0 Å². The summed E-state index contributed by atoms with van der Waals surface area (Å²) >= 11 is 0. The maximum atomic E-state index is 11.9. The normalized spacial score (nSPS) is 47.4. The van der Waals surface area contributed by atoms with Crippen LogP contribution in [-0.4, -0.2) is 64.6 Å². The molecular formula is C35H59NO6. The van der Waals surface area contributed by atoms with Crippen LogP contribution >= 0.6 is 0 Å². The second kappa shape index (κ2) is 12.8. The Balaban J connectivity index is 1.26. The number of aliphatic hydroxyl groups excluding tert-OH is 3. The van der Waals surface area contributed by atoms with Crippen molar-refractivity contribution in [1.29, 1.82) is 0 Å². The first-order chi connectivity index (χ1) is 19.9. The van der Waals surface area contributed by atoms with Gasteiger partial charge >= 0.3 is 0 Å². The molecule has 5 rings (SSSR count). The van der Waals surface area contributed by atoms with E-state index < -0.39 is 37.3 Å². The number of carbonyl (C=O) groups excluding carboxylic acids is 1. The highest BCUT2D eigenvalue weighted by Crippen LogP contribution is 2.67. The molecule has 4 N–H and O–H groups in total. The van der Waals surface area contributed by atoms with Gasteiger partial charge in [0.05, 0.1) is 12.7 Å². The third-order valence-electron chi connectivity index (χ3n) is 12.9. The van der Waals surface area contributed by atoms with E-state index >= 15 is 0 Å². The molecule has 7 heteroatoms. The third-order valence-corrected chi connectivity index (χ3v) is 12.9. The highest BCUT2D eigenvalue weighted by atomic mass is 16.7. The quantitative estimate of drug-likeness (QED) is 0.275. The van der Waals surface area contributed by atoms with Crippen LogP contribution in [0.4, 0.5) is 0 Å². The maximum Gasteiger partial charge on any atom is 0.217 e. The number of amides is 1. The Labute approximate surface area is 254 Å². The second-order valence-electron chi connectivity index (χ2n) is 15.8. The van der Waals surface area contributed by atoms with E-state index in [4.69, 9.17) is 9.47 Å². The lowest BCUT2D eigenvalue weighted by atomic mass is 9.46. The highest BCUT2D eigenvalue weighted by Gasteiger charge is 2.60. The van der Waals surface area contributed by atoms with E-state index in [1.165, 1.54) is 51.9 Å². The van der Waals surface area contributed by atoms with Crippen LogP contribution in [0.15, 0.2) is 12.2 Å². The first-order valence-corrected chi connectivity index (χ1v) is 17.1. The van der Waals surface area contributed by atoms with E-state index in [-0.39, 0.29) is 17.4 Å². The van der Waals surface area contributed by atoms with Crippen LogP contribution < -0.4 is 5.32 Å². The predicted molar refractivity (Wildman–Crippen MR) is 163 cm³/mol. The Morgan fingerprint density at radius 1 is 1.00 bits per heavy atom. The Bertz CT molecular complexity index is 971. The van der Waals surface area contributed by atoms with Crippen molar-refractivity contribution in [2.24, 2.45) is 52.3 Å². The van der Waals surface area contributed by atoms with Crippen molar-refractivity contribution in [2.75, 3.05) is 6.61 Å². The molecule has 5 aliphatic rings. The Morgan fingerprint density at radius 2 is 1.71 bits per heavy atom. The Kier molecular flexibility index (Phi) is 9.86. The monoisotopic (exact) mass is 589 g/mol. The molecular weight excluding hydrogens is 530 g/mol. The molecule has 0 aromatic heterocycles. The minimum atomic E-state index is -1.30. The molecule has 0 radical (unpaired) electrons. The fourth-order valence-electron chi connectivity index (χ4n) is 10.5. The molecule has 1 amide bonds. The second-order valence-corrected chi connectivity index (χ2v) is 15.8. The zero-order valence-electron chi connectivity index (χ0n) is 27.0. The number of rotatable bonds is 9. The number of hydrogen-bond donors (Lipinski definition) is 4. The standard InChI is InChI=1S/C35H59NO6/c1-20(2)8-7-9-21(3)26-12-13-27-25-11-10-23-18-24(14-16-34(23,5)28(25)15-17-35(26,27)6)41-33-30(36-22(4)38)32(40)31(39)29(19-37)42-33/h10-11,20-21,23-33,37,39-40H,7-9,12-19H2,1-6H3,(H,36,38)/t21-,23+,24-,25-,26+,27-,28-,29-,30-,31-,32-,33-,34+,35-/m1/s1. The first kappa shape index (κ1) is 32.4. The van der Waals surface area contributed by atoms with E-state index in [9.17, 15) is 20.1 Å². The number of nitrogens with one attached hydrogen (secondary N) is 1. The molecule has 4 fully saturated rings. The lowest BCUT2D eigenvalue weighted by molar-refractivity contribution is -0.287. The summed E-state index contributed by atoms with van der Waals surface area (Å²) in [6.45, 7) is 13.3. The van der Waals surface area contributed by atoms with Crippen LogP contribution in [0.1, 0.15) is 106 Å². The van der Waals surface area contributed by atoms with Gasteiger partial charge < -0.3 is 30.1 Å². The molecule has 1 heterocycles. The minimum absolute atomic E-state index is 0.0799. The fourth-order valence-corrected chi connectivity index (χ4v) is 10.5. The summed E-state index contributed by atoms with van der Waals surface area (Å²) in [6, 6.07) is -0.890. The van der Waals surface area contributed by atoms with Crippen molar-refractivity contribution in [3.05, 3.63) is 12.2 Å². The van der Waals surface area contributed by atoms with Gasteiger partial charge in [0.1, 0.15) is 24.4 Å².